The number of benzene rings is 2. The Labute approximate surface area is 168 Å². The van der Waals surface area contributed by atoms with E-state index in [1.54, 1.807) is 0 Å². The van der Waals surface area contributed by atoms with Gasteiger partial charge in [0.1, 0.15) is 11.5 Å². The lowest BCUT2D eigenvalue weighted by Gasteiger charge is -2.11. The first kappa shape index (κ1) is 22.4. The predicted octanol–water partition coefficient (Wildman–Crippen LogP) is 3.84. The van der Waals surface area contributed by atoms with Gasteiger partial charge in [-0.3, -0.25) is 0 Å². The molecule has 29 heavy (non-hydrogen) atoms. The molecule has 9 heteroatoms. The minimum atomic E-state index is -4.72. The molecule has 0 aliphatic heterocycles. The van der Waals surface area contributed by atoms with Crippen molar-refractivity contribution in [1.29, 1.82) is 0 Å². The molecule has 6 nitrogen and oxygen atoms in total. The maximum absolute atomic E-state index is 12.2. The minimum Gasteiger partial charge on any atom is -0.494 e. The number of aliphatic imine (C=N–C) groups is 1. The standard InChI is InChI=1S/C20H25F3N4O2/c1-27(2)12-3-13-28-17-8-4-15(5-9-17)14-25-19(24)26-16-6-10-18(11-7-16)29-20(21,22)23/h4-11H,3,12-14H2,1-2H3,(H3,24,25,26). The number of guanidine groups is 1. The molecule has 0 amide bonds. The lowest BCUT2D eigenvalue weighted by molar-refractivity contribution is -0.274. The number of alkyl halides is 3. The van der Waals surface area contributed by atoms with Crippen molar-refractivity contribution in [2.24, 2.45) is 10.7 Å². The normalized spacial score (nSPS) is 12.1. The summed E-state index contributed by atoms with van der Waals surface area (Å²) in [6.07, 6.45) is -3.77. The molecule has 0 saturated carbocycles. The first-order valence-corrected chi connectivity index (χ1v) is 9.00. The molecular formula is C20H25F3N4O2. The van der Waals surface area contributed by atoms with E-state index in [2.05, 4.69) is 19.9 Å². The van der Waals surface area contributed by atoms with Crippen LogP contribution in [0, 0.1) is 0 Å². The van der Waals surface area contributed by atoms with Gasteiger partial charge >= 0.3 is 6.36 Å². The van der Waals surface area contributed by atoms with Gasteiger partial charge in [0.15, 0.2) is 5.96 Å². The highest BCUT2D eigenvalue weighted by atomic mass is 19.4. The van der Waals surface area contributed by atoms with Crippen LogP contribution in [0.5, 0.6) is 11.5 Å². The third-order valence-corrected chi connectivity index (χ3v) is 3.73. The summed E-state index contributed by atoms with van der Waals surface area (Å²) in [7, 11) is 4.04. The van der Waals surface area contributed by atoms with E-state index in [0.29, 0.717) is 18.8 Å². The molecule has 0 spiro atoms. The molecular weight excluding hydrogens is 385 g/mol. The largest absolute Gasteiger partial charge is 0.573 e. The molecule has 3 N–H and O–H groups in total. The number of halogens is 3. The summed E-state index contributed by atoms with van der Waals surface area (Å²) in [5.74, 6) is 0.643. The summed E-state index contributed by atoms with van der Waals surface area (Å²) < 4.78 is 46.0. The summed E-state index contributed by atoms with van der Waals surface area (Å²) in [5, 5.41) is 2.82. The van der Waals surface area contributed by atoms with Crippen molar-refractivity contribution in [2.75, 3.05) is 32.6 Å². The highest BCUT2D eigenvalue weighted by Crippen LogP contribution is 2.23. The van der Waals surface area contributed by atoms with Crippen LogP contribution >= 0.6 is 0 Å². The Morgan fingerprint density at radius 3 is 2.24 bits per heavy atom. The Kier molecular flexibility index (Phi) is 8.14. The van der Waals surface area contributed by atoms with E-state index in [0.717, 1.165) is 24.3 Å². The smallest absolute Gasteiger partial charge is 0.494 e. The molecule has 0 unspecified atom stereocenters. The van der Waals surface area contributed by atoms with Crippen LogP contribution in [0.15, 0.2) is 53.5 Å². The number of ether oxygens (including phenoxy) is 2. The van der Waals surface area contributed by atoms with Crippen LogP contribution in [0.4, 0.5) is 18.9 Å². The Morgan fingerprint density at radius 2 is 1.66 bits per heavy atom. The van der Waals surface area contributed by atoms with Gasteiger partial charge < -0.3 is 25.4 Å². The summed E-state index contributed by atoms with van der Waals surface area (Å²) in [5.41, 5.74) is 7.28. The van der Waals surface area contributed by atoms with Gasteiger partial charge in [-0.05, 0) is 62.5 Å². The van der Waals surface area contributed by atoms with Gasteiger partial charge in [0.25, 0.3) is 0 Å². The number of rotatable bonds is 9. The zero-order valence-corrected chi connectivity index (χ0v) is 16.4. The van der Waals surface area contributed by atoms with E-state index in [1.165, 1.54) is 24.3 Å². The SMILES string of the molecule is CN(C)CCCOc1ccc(CN=C(N)Nc2ccc(OC(F)(F)F)cc2)cc1. The summed E-state index contributed by atoms with van der Waals surface area (Å²) >= 11 is 0. The van der Waals surface area contributed by atoms with E-state index in [-0.39, 0.29) is 11.7 Å². The van der Waals surface area contributed by atoms with E-state index < -0.39 is 6.36 Å². The van der Waals surface area contributed by atoms with Crippen LogP contribution in [0.3, 0.4) is 0 Å². The Hall–Kier alpha value is -2.94. The van der Waals surface area contributed by atoms with Crippen molar-refractivity contribution < 1.29 is 22.6 Å². The fourth-order valence-electron chi connectivity index (χ4n) is 2.37. The first-order chi connectivity index (χ1) is 13.7. The number of nitrogens with zero attached hydrogens (tertiary/aromatic N) is 2. The fourth-order valence-corrected chi connectivity index (χ4v) is 2.37. The molecule has 2 rings (SSSR count). The summed E-state index contributed by atoms with van der Waals surface area (Å²) in [6.45, 7) is 1.98. The number of nitrogens with two attached hydrogens (primary N) is 1. The van der Waals surface area contributed by atoms with Crippen LogP contribution in [-0.2, 0) is 6.54 Å². The second-order valence-electron chi connectivity index (χ2n) is 6.55. The van der Waals surface area contributed by atoms with E-state index >= 15 is 0 Å². The van der Waals surface area contributed by atoms with Crippen molar-refractivity contribution in [3.63, 3.8) is 0 Å². The van der Waals surface area contributed by atoms with Gasteiger partial charge in [-0.15, -0.1) is 13.2 Å². The molecule has 0 atom stereocenters. The number of hydrogen-bond donors (Lipinski definition) is 2. The van der Waals surface area contributed by atoms with Crippen LogP contribution in [0.25, 0.3) is 0 Å². The lowest BCUT2D eigenvalue weighted by Crippen LogP contribution is -2.22. The number of hydrogen-bond acceptors (Lipinski definition) is 4. The van der Waals surface area contributed by atoms with Crippen LogP contribution < -0.4 is 20.5 Å². The van der Waals surface area contributed by atoms with Gasteiger partial charge in [-0.1, -0.05) is 12.1 Å². The quantitative estimate of drug-likeness (QED) is 0.373. The molecule has 0 aliphatic rings. The van der Waals surface area contributed by atoms with Crippen LogP contribution in [-0.4, -0.2) is 44.5 Å². The van der Waals surface area contributed by atoms with Gasteiger partial charge in [0.05, 0.1) is 13.2 Å². The predicted molar refractivity (Wildman–Crippen MR) is 107 cm³/mol. The second-order valence-corrected chi connectivity index (χ2v) is 6.55. The van der Waals surface area contributed by atoms with Gasteiger partial charge in [-0.25, -0.2) is 4.99 Å². The molecule has 0 bridgehead atoms. The second kappa shape index (κ2) is 10.6. The average Bonchev–Trinajstić information content (AvgIpc) is 2.65. The highest BCUT2D eigenvalue weighted by molar-refractivity contribution is 5.92. The van der Waals surface area contributed by atoms with Crippen LogP contribution in [0.1, 0.15) is 12.0 Å². The molecule has 0 aliphatic carbocycles. The number of nitrogens with one attached hydrogen (secondary N) is 1. The van der Waals surface area contributed by atoms with Gasteiger partial charge in [0.2, 0.25) is 0 Å². The van der Waals surface area contributed by atoms with E-state index in [1.807, 2.05) is 38.4 Å². The Balaban J connectivity index is 1.80. The maximum atomic E-state index is 12.2. The third-order valence-electron chi connectivity index (χ3n) is 3.73. The zero-order chi connectivity index (χ0) is 21.3. The van der Waals surface area contributed by atoms with Gasteiger partial charge in [0, 0.05) is 12.2 Å². The molecule has 0 saturated heterocycles. The molecule has 0 heterocycles. The van der Waals surface area contributed by atoms with Crippen molar-refractivity contribution in [2.45, 2.75) is 19.3 Å². The summed E-state index contributed by atoms with van der Waals surface area (Å²) in [6, 6.07) is 12.8. The number of anilines is 1. The first-order valence-electron chi connectivity index (χ1n) is 9.00. The monoisotopic (exact) mass is 410 g/mol. The maximum Gasteiger partial charge on any atom is 0.573 e. The Bertz CT molecular complexity index is 776. The van der Waals surface area contributed by atoms with Crippen molar-refractivity contribution in [3.8, 4) is 11.5 Å². The zero-order valence-electron chi connectivity index (χ0n) is 16.4. The lowest BCUT2D eigenvalue weighted by atomic mass is 10.2. The topological polar surface area (TPSA) is 72.1 Å². The Morgan fingerprint density at radius 1 is 1.03 bits per heavy atom. The highest BCUT2D eigenvalue weighted by Gasteiger charge is 2.30. The van der Waals surface area contributed by atoms with Crippen LogP contribution in [0.2, 0.25) is 0 Å². The molecule has 0 aromatic heterocycles. The molecule has 0 radical (unpaired) electrons. The molecule has 2 aromatic rings. The minimum absolute atomic E-state index is 0.151. The fraction of sp³-hybridized carbons (Fsp3) is 0.350. The average molecular weight is 410 g/mol. The van der Waals surface area contributed by atoms with E-state index in [9.17, 15) is 13.2 Å². The van der Waals surface area contributed by atoms with Crippen molar-refractivity contribution in [3.05, 3.63) is 54.1 Å². The van der Waals surface area contributed by atoms with Gasteiger partial charge in [-0.2, -0.15) is 0 Å². The third kappa shape index (κ3) is 9.20. The molecule has 158 valence electrons. The molecule has 2 aromatic carbocycles. The molecule has 0 fully saturated rings. The van der Waals surface area contributed by atoms with Crippen molar-refractivity contribution >= 4 is 11.6 Å². The summed E-state index contributed by atoms with van der Waals surface area (Å²) in [4.78, 5) is 6.33. The van der Waals surface area contributed by atoms with E-state index in [4.69, 9.17) is 10.5 Å². The van der Waals surface area contributed by atoms with Crippen molar-refractivity contribution in [1.82, 2.24) is 4.90 Å².